The third-order valence-corrected chi connectivity index (χ3v) is 4.98. The van der Waals surface area contributed by atoms with Gasteiger partial charge in [-0.15, -0.1) is 0 Å². The highest BCUT2D eigenvalue weighted by molar-refractivity contribution is 7.99. The number of thioether (sulfide) groups is 1. The molecule has 25 heavy (non-hydrogen) atoms. The van der Waals surface area contributed by atoms with Gasteiger partial charge in [-0.3, -0.25) is 4.79 Å². The zero-order chi connectivity index (χ0) is 17.4. The van der Waals surface area contributed by atoms with Crippen molar-refractivity contribution in [2.24, 2.45) is 0 Å². The van der Waals surface area contributed by atoms with Gasteiger partial charge < -0.3 is 9.97 Å². The van der Waals surface area contributed by atoms with E-state index in [0.717, 1.165) is 21.9 Å². The Hall–Kier alpha value is -2.75. The van der Waals surface area contributed by atoms with Crippen LogP contribution in [0.3, 0.4) is 0 Å². The zero-order valence-corrected chi connectivity index (χ0v) is 14.4. The van der Waals surface area contributed by atoms with Crippen molar-refractivity contribution in [2.45, 2.75) is 5.16 Å². The molecule has 0 bridgehead atoms. The lowest BCUT2D eigenvalue weighted by molar-refractivity contribution is 0.102. The second-order valence-electron chi connectivity index (χ2n) is 5.49. The Labute approximate surface area is 152 Å². The summed E-state index contributed by atoms with van der Waals surface area (Å²) in [6.07, 6.45) is 1.71. The number of nitrogens with one attached hydrogen (secondary N) is 2. The highest BCUT2D eigenvalue weighted by Gasteiger charge is 2.14. The molecule has 0 fully saturated rings. The molecule has 0 atom stereocenters. The fourth-order valence-electron chi connectivity index (χ4n) is 2.66. The van der Waals surface area contributed by atoms with Crippen molar-refractivity contribution >= 4 is 51.1 Å². The normalized spacial score (nSPS) is 11.0. The molecule has 0 saturated carbocycles. The Bertz CT molecular complexity index is 1160. The molecule has 122 valence electrons. The van der Waals surface area contributed by atoms with Crippen molar-refractivity contribution in [3.8, 4) is 6.07 Å². The number of Topliss-reactive ketones (excluding diaryl/α,β-unsaturated/α-hetero) is 1. The van der Waals surface area contributed by atoms with Gasteiger partial charge in [0.1, 0.15) is 0 Å². The van der Waals surface area contributed by atoms with Crippen LogP contribution in [0.1, 0.15) is 15.9 Å². The summed E-state index contributed by atoms with van der Waals surface area (Å²) in [6, 6.07) is 12.8. The van der Waals surface area contributed by atoms with Crippen LogP contribution in [0, 0.1) is 11.3 Å². The molecule has 5 nitrogen and oxygen atoms in total. The van der Waals surface area contributed by atoms with E-state index in [1.807, 2.05) is 12.1 Å². The van der Waals surface area contributed by atoms with E-state index >= 15 is 0 Å². The number of nitriles is 1. The number of ketones is 1. The van der Waals surface area contributed by atoms with E-state index < -0.39 is 0 Å². The molecule has 0 aliphatic rings. The fraction of sp³-hybridized carbons (Fsp3) is 0.0556. The molecule has 0 aliphatic heterocycles. The molecule has 4 aromatic rings. The summed E-state index contributed by atoms with van der Waals surface area (Å²) >= 11 is 7.31. The standard InChI is InChI=1S/C18H11ClN4OS/c19-11-2-3-12-13(8-21-15(12)6-11)17(24)9-25-18-22-14-4-1-10(7-20)5-16(14)23-18/h1-6,8,21H,9H2,(H,22,23). The first-order valence-electron chi connectivity index (χ1n) is 7.46. The van der Waals surface area contributed by atoms with Gasteiger partial charge in [-0.2, -0.15) is 5.26 Å². The van der Waals surface area contributed by atoms with E-state index in [-0.39, 0.29) is 11.5 Å². The Morgan fingerprint density at radius 3 is 2.96 bits per heavy atom. The maximum Gasteiger partial charge on any atom is 0.175 e. The Morgan fingerprint density at radius 1 is 1.24 bits per heavy atom. The number of rotatable bonds is 4. The first-order chi connectivity index (χ1) is 12.1. The van der Waals surface area contributed by atoms with Crippen molar-refractivity contribution in [2.75, 3.05) is 5.75 Å². The van der Waals surface area contributed by atoms with E-state index in [2.05, 4.69) is 21.0 Å². The molecular weight excluding hydrogens is 356 g/mol. The van der Waals surface area contributed by atoms with Crippen LogP contribution in [0.2, 0.25) is 5.02 Å². The van der Waals surface area contributed by atoms with E-state index in [4.69, 9.17) is 16.9 Å². The van der Waals surface area contributed by atoms with Crippen LogP contribution < -0.4 is 0 Å². The molecule has 2 heterocycles. The molecule has 4 rings (SSSR count). The van der Waals surface area contributed by atoms with Gasteiger partial charge in [0.05, 0.1) is 28.4 Å². The molecule has 0 amide bonds. The minimum absolute atomic E-state index is 0.0109. The number of H-pyrrole nitrogens is 2. The predicted molar refractivity (Wildman–Crippen MR) is 99.2 cm³/mol. The first-order valence-corrected chi connectivity index (χ1v) is 8.83. The van der Waals surface area contributed by atoms with E-state index in [0.29, 0.717) is 21.3 Å². The van der Waals surface area contributed by atoms with Gasteiger partial charge in [0.2, 0.25) is 0 Å². The van der Waals surface area contributed by atoms with Crippen molar-refractivity contribution < 1.29 is 4.79 Å². The first kappa shape index (κ1) is 15.8. The molecule has 2 aromatic heterocycles. The van der Waals surface area contributed by atoms with Gasteiger partial charge in [-0.25, -0.2) is 4.98 Å². The fourth-order valence-corrected chi connectivity index (χ4v) is 3.60. The number of aromatic nitrogens is 3. The van der Waals surface area contributed by atoms with Crippen LogP contribution in [0.25, 0.3) is 21.9 Å². The summed E-state index contributed by atoms with van der Waals surface area (Å²) in [4.78, 5) is 23.2. The average Bonchev–Trinajstić information content (AvgIpc) is 3.21. The quantitative estimate of drug-likeness (QED) is 0.410. The van der Waals surface area contributed by atoms with Crippen molar-refractivity contribution in [1.82, 2.24) is 15.0 Å². The number of hydrogen-bond donors (Lipinski definition) is 2. The Balaban J connectivity index is 1.54. The van der Waals surface area contributed by atoms with Crippen molar-refractivity contribution in [1.29, 1.82) is 5.26 Å². The minimum Gasteiger partial charge on any atom is -0.360 e. The molecule has 2 N–H and O–H groups in total. The summed E-state index contributed by atoms with van der Waals surface area (Å²) in [7, 11) is 0. The largest absolute Gasteiger partial charge is 0.360 e. The van der Waals surface area contributed by atoms with Gasteiger partial charge in [0, 0.05) is 27.7 Å². The molecule has 0 saturated heterocycles. The lowest BCUT2D eigenvalue weighted by Crippen LogP contribution is -2.01. The van der Waals surface area contributed by atoms with Crippen LogP contribution in [0.5, 0.6) is 0 Å². The van der Waals surface area contributed by atoms with Crippen molar-refractivity contribution in [3.05, 3.63) is 58.7 Å². The second-order valence-corrected chi connectivity index (χ2v) is 6.89. The monoisotopic (exact) mass is 366 g/mol. The summed E-state index contributed by atoms with van der Waals surface area (Å²) < 4.78 is 0. The maximum absolute atomic E-state index is 12.5. The number of nitrogens with zero attached hydrogens (tertiary/aromatic N) is 2. The third kappa shape index (κ3) is 3.00. The smallest absolute Gasteiger partial charge is 0.175 e. The summed E-state index contributed by atoms with van der Waals surface area (Å²) in [5, 5.41) is 11.1. The van der Waals surface area contributed by atoms with Gasteiger partial charge in [-0.05, 0) is 30.3 Å². The van der Waals surface area contributed by atoms with Crippen LogP contribution in [0.4, 0.5) is 0 Å². The van der Waals surface area contributed by atoms with Gasteiger partial charge in [0.15, 0.2) is 10.9 Å². The van der Waals surface area contributed by atoms with Gasteiger partial charge in [0.25, 0.3) is 0 Å². The Kier molecular flexibility index (Phi) is 3.96. The van der Waals surface area contributed by atoms with Crippen LogP contribution in [-0.4, -0.2) is 26.5 Å². The number of carbonyl (C=O) groups excluding carboxylic acids is 1. The topological polar surface area (TPSA) is 85.3 Å². The lowest BCUT2D eigenvalue weighted by Gasteiger charge is -1.98. The van der Waals surface area contributed by atoms with Crippen LogP contribution in [0.15, 0.2) is 47.8 Å². The number of imidazole rings is 1. The predicted octanol–water partition coefficient (Wildman–Crippen LogP) is 4.54. The van der Waals surface area contributed by atoms with E-state index in [1.165, 1.54) is 11.8 Å². The number of benzene rings is 2. The van der Waals surface area contributed by atoms with Crippen molar-refractivity contribution in [3.63, 3.8) is 0 Å². The highest BCUT2D eigenvalue weighted by Crippen LogP contribution is 2.25. The summed E-state index contributed by atoms with van der Waals surface area (Å²) in [6.45, 7) is 0. The lowest BCUT2D eigenvalue weighted by atomic mass is 10.1. The second kappa shape index (κ2) is 6.28. The molecule has 0 radical (unpaired) electrons. The van der Waals surface area contributed by atoms with Crippen LogP contribution >= 0.6 is 23.4 Å². The number of hydrogen-bond acceptors (Lipinski definition) is 4. The highest BCUT2D eigenvalue weighted by atomic mass is 35.5. The minimum atomic E-state index is 0.0109. The van der Waals surface area contributed by atoms with Gasteiger partial charge >= 0.3 is 0 Å². The Morgan fingerprint density at radius 2 is 2.12 bits per heavy atom. The molecule has 7 heteroatoms. The SMILES string of the molecule is N#Cc1ccc2[nH]c(SCC(=O)c3c[nH]c4cc(Cl)ccc34)nc2c1. The average molecular weight is 367 g/mol. The van der Waals surface area contributed by atoms with Crippen LogP contribution in [-0.2, 0) is 0 Å². The number of halogens is 1. The van der Waals surface area contributed by atoms with E-state index in [1.54, 1.807) is 30.5 Å². The van der Waals surface area contributed by atoms with E-state index in [9.17, 15) is 4.79 Å². The number of aromatic amines is 2. The third-order valence-electron chi connectivity index (χ3n) is 3.87. The number of carbonyl (C=O) groups is 1. The summed E-state index contributed by atoms with van der Waals surface area (Å²) in [5.41, 5.74) is 3.60. The molecule has 0 aliphatic carbocycles. The summed E-state index contributed by atoms with van der Waals surface area (Å²) in [5.74, 6) is 0.275. The van der Waals surface area contributed by atoms with Gasteiger partial charge in [-0.1, -0.05) is 29.4 Å². The molecule has 0 unspecified atom stereocenters. The number of fused-ring (bicyclic) bond motifs is 2. The molecule has 0 spiro atoms. The molecular formula is C18H11ClN4OS. The maximum atomic E-state index is 12.5. The molecule has 2 aromatic carbocycles. The zero-order valence-electron chi connectivity index (χ0n) is 12.8.